The van der Waals surface area contributed by atoms with Crippen molar-refractivity contribution in [3.63, 3.8) is 0 Å². The molecule has 0 aliphatic carbocycles. The number of sulfonamides is 1. The number of amides is 1. The molecule has 0 saturated heterocycles. The van der Waals surface area contributed by atoms with Gasteiger partial charge in [-0.2, -0.15) is 0 Å². The van der Waals surface area contributed by atoms with Crippen molar-refractivity contribution in [2.24, 2.45) is 0 Å². The maximum atomic E-state index is 13.1. The molecule has 0 radical (unpaired) electrons. The predicted molar refractivity (Wildman–Crippen MR) is 115 cm³/mol. The Balaban J connectivity index is 1.77. The maximum absolute atomic E-state index is 13.1. The van der Waals surface area contributed by atoms with Gasteiger partial charge in [-0.25, -0.2) is 12.8 Å². The normalized spacial score (nSPS) is 11.2. The topological polar surface area (TPSA) is 75.7 Å². The lowest BCUT2D eigenvalue weighted by atomic mass is 10.2. The molecule has 0 unspecified atom stereocenters. The van der Waals surface area contributed by atoms with Crippen LogP contribution in [0.3, 0.4) is 0 Å². The maximum Gasteiger partial charge on any atom is 0.265 e. The molecule has 1 heterocycles. The first-order valence-corrected chi connectivity index (χ1v) is 11.5. The Bertz CT molecular complexity index is 1110. The SMILES string of the molecule is CCOc1ccc(N(C)S(=O)(=O)c2ccsc2C(=O)NCc2ccc(F)cc2)cc1. The van der Waals surface area contributed by atoms with Crippen LogP contribution in [0.25, 0.3) is 0 Å². The highest BCUT2D eigenvalue weighted by Gasteiger charge is 2.28. The van der Waals surface area contributed by atoms with Crippen LogP contribution in [-0.2, 0) is 16.6 Å². The van der Waals surface area contributed by atoms with Crippen LogP contribution in [0.2, 0.25) is 0 Å². The van der Waals surface area contributed by atoms with Gasteiger partial charge in [0.2, 0.25) is 0 Å². The fourth-order valence-electron chi connectivity index (χ4n) is 2.74. The number of hydrogen-bond donors (Lipinski definition) is 1. The van der Waals surface area contributed by atoms with E-state index in [0.717, 1.165) is 15.6 Å². The molecular weight excluding hydrogens is 427 g/mol. The van der Waals surface area contributed by atoms with Crippen LogP contribution in [0.15, 0.2) is 64.9 Å². The van der Waals surface area contributed by atoms with Gasteiger partial charge in [0, 0.05) is 13.6 Å². The van der Waals surface area contributed by atoms with Gasteiger partial charge in [0.1, 0.15) is 21.3 Å². The predicted octanol–water partition coefficient (Wildman–Crippen LogP) is 4.04. The molecule has 1 aromatic heterocycles. The summed E-state index contributed by atoms with van der Waals surface area (Å²) < 4.78 is 45.8. The van der Waals surface area contributed by atoms with E-state index in [1.165, 1.54) is 25.2 Å². The van der Waals surface area contributed by atoms with Crippen molar-refractivity contribution in [3.8, 4) is 5.75 Å². The molecule has 158 valence electrons. The summed E-state index contributed by atoms with van der Waals surface area (Å²) in [6.45, 7) is 2.54. The zero-order valence-electron chi connectivity index (χ0n) is 16.5. The van der Waals surface area contributed by atoms with E-state index in [0.29, 0.717) is 23.6 Å². The Morgan fingerprint density at radius 2 is 1.77 bits per heavy atom. The van der Waals surface area contributed by atoms with E-state index in [2.05, 4.69) is 5.32 Å². The summed E-state index contributed by atoms with van der Waals surface area (Å²) in [6.07, 6.45) is 0. The first-order chi connectivity index (χ1) is 14.3. The quantitative estimate of drug-likeness (QED) is 0.564. The van der Waals surface area contributed by atoms with Crippen molar-refractivity contribution in [2.45, 2.75) is 18.4 Å². The van der Waals surface area contributed by atoms with E-state index in [4.69, 9.17) is 4.74 Å². The van der Waals surface area contributed by atoms with E-state index in [1.54, 1.807) is 41.8 Å². The Morgan fingerprint density at radius 1 is 1.10 bits per heavy atom. The molecule has 0 bridgehead atoms. The fraction of sp³-hybridized carbons (Fsp3) is 0.190. The summed E-state index contributed by atoms with van der Waals surface area (Å²) in [5.41, 5.74) is 1.15. The third-order valence-electron chi connectivity index (χ3n) is 4.35. The number of carbonyl (C=O) groups excluding carboxylic acids is 1. The molecule has 3 aromatic rings. The molecule has 0 atom stereocenters. The third kappa shape index (κ3) is 4.80. The van der Waals surface area contributed by atoms with E-state index in [-0.39, 0.29) is 22.1 Å². The Hall–Kier alpha value is -2.91. The van der Waals surface area contributed by atoms with Crippen molar-refractivity contribution in [1.29, 1.82) is 0 Å². The van der Waals surface area contributed by atoms with Crippen molar-refractivity contribution in [2.75, 3.05) is 18.0 Å². The van der Waals surface area contributed by atoms with Crippen molar-refractivity contribution in [1.82, 2.24) is 5.32 Å². The standard InChI is InChI=1S/C21H21FN2O4S2/c1-3-28-18-10-8-17(9-11-18)24(2)30(26,27)19-12-13-29-20(19)21(25)23-14-15-4-6-16(22)7-5-15/h4-13H,3,14H2,1-2H3,(H,23,25). The average molecular weight is 449 g/mol. The smallest absolute Gasteiger partial charge is 0.265 e. The minimum absolute atomic E-state index is 0.0690. The van der Waals surface area contributed by atoms with Crippen LogP contribution in [-0.4, -0.2) is 28.0 Å². The molecule has 1 amide bonds. The number of carbonyl (C=O) groups is 1. The summed E-state index contributed by atoms with van der Waals surface area (Å²) in [5, 5.41) is 4.24. The molecule has 6 nitrogen and oxygen atoms in total. The van der Waals surface area contributed by atoms with E-state index in [1.807, 2.05) is 6.92 Å². The lowest BCUT2D eigenvalue weighted by Crippen LogP contribution is -2.29. The molecule has 0 saturated carbocycles. The number of nitrogens with zero attached hydrogens (tertiary/aromatic N) is 1. The van der Waals surface area contributed by atoms with Gasteiger partial charge in [-0.05, 0) is 60.3 Å². The molecular formula is C21H21FN2O4S2. The number of halogens is 1. The summed E-state index contributed by atoms with van der Waals surface area (Å²) in [7, 11) is -2.51. The number of ether oxygens (including phenoxy) is 1. The van der Waals surface area contributed by atoms with E-state index in [9.17, 15) is 17.6 Å². The monoisotopic (exact) mass is 448 g/mol. The minimum atomic E-state index is -3.95. The first kappa shape index (κ1) is 21.8. The summed E-state index contributed by atoms with van der Waals surface area (Å²) >= 11 is 1.05. The molecule has 2 aromatic carbocycles. The largest absolute Gasteiger partial charge is 0.494 e. The van der Waals surface area contributed by atoms with Crippen LogP contribution >= 0.6 is 11.3 Å². The van der Waals surface area contributed by atoms with Crippen molar-refractivity contribution >= 4 is 33.0 Å². The van der Waals surface area contributed by atoms with Crippen LogP contribution in [0.1, 0.15) is 22.2 Å². The van der Waals surface area contributed by atoms with Crippen LogP contribution < -0.4 is 14.4 Å². The van der Waals surface area contributed by atoms with Crippen LogP contribution in [0.4, 0.5) is 10.1 Å². The van der Waals surface area contributed by atoms with E-state index < -0.39 is 15.9 Å². The van der Waals surface area contributed by atoms with Gasteiger partial charge in [-0.3, -0.25) is 9.10 Å². The summed E-state index contributed by atoms with van der Waals surface area (Å²) in [5.74, 6) is -0.231. The van der Waals surface area contributed by atoms with Gasteiger partial charge in [-0.15, -0.1) is 11.3 Å². The van der Waals surface area contributed by atoms with E-state index >= 15 is 0 Å². The van der Waals surface area contributed by atoms with Gasteiger partial charge < -0.3 is 10.1 Å². The Kier molecular flexibility index (Phi) is 6.73. The summed E-state index contributed by atoms with van der Waals surface area (Å²) in [4.78, 5) is 12.6. The van der Waals surface area contributed by atoms with Gasteiger partial charge in [-0.1, -0.05) is 12.1 Å². The van der Waals surface area contributed by atoms with Crippen LogP contribution in [0, 0.1) is 5.82 Å². The second-order valence-electron chi connectivity index (χ2n) is 6.32. The lowest BCUT2D eigenvalue weighted by Gasteiger charge is -2.20. The average Bonchev–Trinajstić information content (AvgIpc) is 3.24. The number of hydrogen-bond acceptors (Lipinski definition) is 5. The van der Waals surface area contributed by atoms with Crippen molar-refractivity contribution < 1.29 is 22.3 Å². The molecule has 0 fully saturated rings. The van der Waals surface area contributed by atoms with Gasteiger partial charge >= 0.3 is 0 Å². The molecule has 9 heteroatoms. The molecule has 30 heavy (non-hydrogen) atoms. The van der Waals surface area contributed by atoms with Gasteiger partial charge in [0.25, 0.3) is 15.9 Å². The Labute approximate surface area is 179 Å². The molecule has 0 aliphatic heterocycles. The first-order valence-electron chi connectivity index (χ1n) is 9.15. The highest BCUT2D eigenvalue weighted by molar-refractivity contribution is 7.93. The lowest BCUT2D eigenvalue weighted by molar-refractivity contribution is 0.0952. The Morgan fingerprint density at radius 3 is 2.40 bits per heavy atom. The number of benzene rings is 2. The van der Waals surface area contributed by atoms with Gasteiger partial charge in [0.05, 0.1) is 12.3 Å². The third-order valence-corrected chi connectivity index (χ3v) is 7.22. The number of anilines is 1. The molecule has 0 aliphatic rings. The number of thiophene rings is 1. The zero-order valence-corrected chi connectivity index (χ0v) is 18.1. The van der Waals surface area contributed by atoms with Crippen molar-refractivity contribution in [3.05, 3.63) is 76.2 Å². The second kappa shape index (κ2) is 9.27. The zero-order chi connectivity index (χ0) is 21.7. The summed E-state index contributed by atoms with van der Waals surface area (Å²) in [6, 6.07) is 13.8. The molecule has 1 N–H and O–H groups in total. The molecule has 3 rings (SSSR count). The fourth-order valence-corrected chi connectivity index (χ4v) is 5.25. The second-order valence-corrected chi connectivity index (χ2v) is 9.18. The van der Waals surface area contributed by atoms with Gasteiger partial charge in [0.15, 0.2) is 0 Å². The highest BCUT2D eigenvalue weighted by Crippen LogP contribution is 2.29. The number of rotatable bonds is 8. The highest BCUT2D eigenvalue weighted by atomic mass is 32.2. The number of nitrogens with one attached hydrogen (secondary N) is 1. The molecule has 0 spiro atoms. The van der Waals surface area contributed by atoms with Crippen LogP contribution in [0.5, 0.6) is 5.75 Å². The minimum Gasteiger partial charge on any atom is -0.494 e.